The first-order valence-corrected chi connectivity index (χ1v) is 7.91. The Morgan fingerprint density at radius 1 is 1.17 bits per heavy atom. The number of benzene rings is 2. The van der Waals surface area contributed by atoms with Crippen molar-refractivity contribution in [2.45, 2.75) is 0 Å². The van der Waals surface area contributed by atoms with Crippen LogP contribution in [-0.2, 0) is 4.79 Å². The molecule has 5 nitrogen and oxygen atoms in total. The van der Waals surface area contributed by atoms with Crippen LogP contribution in [0.15, 0.2) is 40.9 Å². The summed E-state index contributed by atoms with van der Waals surface area (Å²) in [4.78, 5) is 12.1. The maximum absolute atomic E-state index is 12.1. The molecule has 23 heavy (non-hydrogen) atoms. The molecule has 0 saturated carbocycles. The number of ether oxygens (including phenoxy) is 2. The molecular weight excluding hydrogens is 384 g/mol. The van der Waals surface area contributed by atoms with E-state index in [1.807, 2.05) is 24.3 Å². The molecule has 0 heterocycles. The number of hydrogen-bond donors (Lipinski definition) is 2. The Morgan fingerprint density at radius 3 is 2.57 bits per heavy atom. The summed E-state index contributed by atoms with van der Waals surface area (Å²) in [6.07, 6.45) is 0. The van der Waals surface area contributed by atoms with Gasteiger partial charge >= 0.3 is 0 Å². The molecule has 2 rings (SSSR count). The van der Waals surface area contributed by atoms with E-state index in [1.54, 1.807) is 12.1 Å². The van der Waals surface area contributed by atoms with Gasteiger partial charge in [0.25, 0.3) is 0 Å². The van der Waals surface area contributed by atoms with Crippen molar-refractivity contribution >= 4 is 44.8 Å². The van der Waals surface area contributed by atoms with Crippen molar-refractivity contribution in [2.24, 2.45) is 0 Å². The first-order chi connectivity index (χ1) is 11.0. The van der Waals surface area contributed by atoms with Gasteiger partial charge in [0.05, 0.1) is 31.5 Å². The van der Waals surface area contributed by atoms with E-state index in [4.69, 9.17) is 21.1 Å². The minimum atomic E-state index is -0.215. The molecule has 0 bridgehead atoms. The number of carbonyl (C=O) groups is 1. The minimum Gasteiger partial charge on any atom is -0.495 e. The van der Waals surface area contributed by atoms with Gasteiger partial charge in [-0.15, -0.1) is 0 Å². The van der Waals surface area contributed by atoms with Crippen molar-refractivity contribution in [3.05, 3.63) is 45.9 Å². The number of amides is 1. The lowest BCUT2D eigenvalue weighted by molar-refractivity contribution is -0.114. The fourth-order valence-electron chi connectivity index (χ4n) is 1.93. The number of anilines is 2. The molecule has 122 valence electrons. The molecule has 2 aromatic carbocycles. The molecule has 7 heteroatoms. The third-order valence-electron chi connectivity index (χ3n) is 3.03. The summed E-state index contributed by atoms with van der Waals surface area (Å²) in [6, 6.07) is 10.8. The fourth-order valence-corrected chi connectivity index (χ4v) is 2.56. The predicted octanol–water partition coefficient (Wildman–Crippen LogP) is 4.17. The molecule has 0 saturated heterocycles. The highest BCUT2D eigenvalue weighted by atomic mass is 79.9. The SMILES string of the molecule is COc1cc(NC(=O)CNc2cccc(Br)c2)c(OC)cc1Cl. The Kier molecular flexibility index (Phi) is 6.12. The number of methoxy groups -OCH3 is 2. The monoisotopic (exact) mass is 398 g/mol. The summed E-state index contributed by atoms with van der Waals surface area (Å²) < 4.78 is 11.3. The van der Waals surface area contributed by atoms with Crippen molar-refractivity contribution in [3.63, 3.8) is 0 Å². The van der Waals surface area contributed by atoms with E-state index >= 15 is 0 Å². The zero-order chi connectivity index (χ0) is 16.8. The summed E-state index contributed by atoms with van der Waals surface area (Å²) in [5, 5.41) is 6.23. The van der Waals surface area contributed by atoms with Crippen LogP contribution in [0.3, 0.4) is 0 Å². The third-order valence-corrected chi connectivity index (χ3v) is 3.81. The molecule has 0 aliphatic heterocycles. The van der Waals surface area contributed by atoms with Crippen LogP contribution in [0.1, 0.15) is 0 Å². The second kappa shape index (κ2) is 8.08. The van der Waals surface area contributed by atoms with Crippen molar-refractivity contribution in [1.29, 1.82) is 0 Å². The maximum atomic E-state index is 12.1. The van der Waals surface area contributed by atoms with Crippen LogP contribution in [0.25, 0.3) is 0 Å². The van der Waals surface area contributed by atoms with Gasteiger partial charge in [-0.1, -0.05) is 33.6 Å². The van der Waals surface area contributed by atoms with Gasteiger partial charge in [-0.05, 0) is 18.2 Å². The van der Waals surface area contributed by atoms with Crippen LogP contribution in [0, 0.1) is 0 Å². The second-order valence-electron chi connectivity index (χ2n) is 4.60. The van der Waals surface area contributed by atoms with Gasteiger partial charge in [-0.3, -0.25) is 4.79 Å². The standard InChI is InChI=1S/C16H16BrClN2O3/c1-22-14-8-13(15(23-2)7-12(14)18)20-16(21)9-19-11-5-3-4-10(17)6-11/h3-8,19H,9H2,1-2H3,(H,20,21). The van der Waals surface area contributed by atoms with Crippen LogP contribution in [0.5, 0.6) is 11.5 Å². The highest BCUT2D eigenvalue weighted by Crippen LogP contribution is 2.35. The molecular formula is C16H16BrClN2O3. The van der Waals surface area contributed by atoms with Crippen LogP contribution < -0.4 is 20.1 Å². The van der Waals surface area contributed by atoms with Gasteiger partial charge in [0.2, 0.25) is 5.91 Å². The summed E-state index contributed by atoms with van der Waals surface area (Å²) in [5.74, 6) is 0.710. The number of rotatable bonds is 6. The molecule has 2 aromatic rings. The Labute approximate surface area is 148 Å². The molecule has 1 amide bonds. The topological polar surface area (TPSA) is 59.6 Å². The average molecular weight is 400 g/mol. The highest BCUT2D eigenvalue weighted by molar-refractivity contribution is 9.10. The first kappa shape index (κ1) is 17.4. The average Bonchev–Trinajstić information content (AvgIpc) is 2.54. The number of nitrogens with one attached hydrogen (secondary N) is 2. The summed E-state index contributed by atoms with van der Waals surface area (Å²) in [6.45, 7) is 0.116. The Morgan fingerprint density at radius 2 is 1.91 bits per heavy atom. The van der Waals surface area contributed by atoms with Gasteiger partial charge < -0.3 is 20.1 Å². The lowest BCUT2D eigenvalue weighted by Crippen LogP contribution is -2.22. The van der Waals surface area contributed by atoms with Gasteiger partial charge in [0.15, 0.2) is 0 Å². The normalized spacial score (nSPS) is 10.1. The van der Waals surface area contributed by atoms with E-state index < -0.39 is 0 Å². The summed E-state index contributed by atoms with van der Waals surface area (Å²) >= 11 is 9.42. The van der Waals surface area contributed by atoms with Crippen molar-refractivity contribution in [2.75, 3.05) is 31.4 Å². The molecule has 0 spiro atoms. The molecule has 0 fully saturated rings. The Hall–Kier alpha value is -1.92. The minimum absolute atomic E-state index is 0.116. The zero-order valence-corrected chi connectivity index (χ0v) is 15.0. The van der Waals surface area contributed by atoms with Crippen LogP contribution in [-0.4, -0.2) is 26.7 Å². The van der Waals surface area contributed by atoms with Gasteiger partial charge in [0.1, 0.15) is 11.5 Å². The van der Waals surface area contributed by atoms with Gasteiger partial charge in [-0.2, -0.15) is 0 Å². The molecule has 0 aromatic heterocycles. The second-order valence-corrected chi connectivity index (χ2v) is 5.92. The molecule has 0 atom stereocenters. The van der Waals surface area contributed by atoms with E-state index in [1.165, 1.54) is 14.2 Å². The Bertz CT molecular complexity index is 710. The third kappa shape index (κ3) is 4.77. The van der Waals surface area contributed by atoms with E-state index in [0.717, 1.165) is 10.2 Å². The van der Waals surface area contributed by atoms with E-state index in [-0.39, 0.29) is 12.5 Å². The fraction of sp³-hybridized carbons (Fsp3) is 0.188. The Balaban J connectivity index is 2.05. The van der Waals surface area contributed by atoms with E-state index in [9.17, 15) is 4.79 Å². The molecule has 0 unspecified atom stereocenters. The lowest BCUT2D eigenvalue weighted by Gasteiger charge is -2.13. The van der Waals surface area contributed by atoms with Crippen LogP contribution in [0.2, 0.25) is 5.02 Å². The van der Waals surface area contributed by atoms with Crippen LogP contribution in [0.4, 0.5) is 11.4 Å². The number of hydrogen-bond acceptors (Lipinski definition) is 4. The van der Waals surface area contributed by atoms with E-state index in [2.05, 4.69) is 26.6 Å². The number of carbonyl (C=O) groups excluding carboxylic acids is 1. The predicted molar refractivity (Wildman–Crippen MR) is 95.8 cm³/mol. The summed E-state index contributed by atoms with van der Waals surface area (Å²) in [7, 11) is 3.02. The van der Waals surface area contributed by atoms with Crippen molar-refractivity contribution in [3.8, 4) is 11.5 Å². The van der Waals surface area contributed by atoms with Gasteiger partial charge in [-0.25, -0.2) is 0 Å². The maximum Gasteiger partial charge on any atom is 0.243 e. The lowest BCUT2D eigenvalue weighted by atomic mass is 10.2. The summed E-state index contributed by atoms with van der Waals surface area (Å²) in [5.41, 5.74) is 1.34. The van der Waals surface area contributed by atoms with E-state index in [0.29, 0.717) is 22.2 Å². The molecule has 2 N–H and O–H groups in total. The van der Waals surface area contributed by atoms with Crippen molar-refractivity contribution in [1.82, 2.24) is 0 Å². The van der Waals surface area contributed by atoms with Crippen LogP contribution >= 0.6 is 27.5 Å². The molecule has 0 aliphatic rings. The van der Waals surface area contributed by atoms with Gasteiger partial charge in [0, 0.05) is 22.3 Å². The van der Waals surface area contributed by atoms with Crippen molar-refractivity contribution < 1.29 is 14.3 Å². The molecule has 0 aliphatic carbocycles. The number of halogens is 2. The smallest absolute Gasteiger partial charge is 0.243 e. The highest BCUT2D eigenvalue weighted by Gasteiger charge is 2.12. The zero-order valence-electron chi connectivity index (χ0n) is 12.7. The largest absolute Gasteiger partial charge is 0.495 e. The molecule has 0 radical (unpaired) electrons. The first-order valence-electron chi connectivity index (χ1n) is 6.74. The quantitative estimate of drug-likeness (QED) is 0.765.